The van der Waals surface area contributed by atoms with Crippen molar-refractivity contribution in [2.24, 2.45) is 0 Å². The molecular weight excluding hydrogens is 247 g/mol. The molecule has 0 spiro atoms. The van der Waals surface area contributed by atoms with Crippen molar-refractivity contribution in [2.75, 3.05) is 13.7 Å². The molecule has 0 fully saturated rings. The number of rotatable bonds is 5. The van der Waals surface area contributed by atoms with Crippen LogP contribution in [0, 0.1) is 0 Å². The van der Waals surface area contributed by atoms with Crippen LogP contribution >= 0.6 is 0 Å². The van der Waals surface area contributed by atoms with Gasteiger partial charge >= 0.3 is 6.18 Å². The number of hydrogen-bond donors (Lipinski definition) is 1. The number of carbonyl (C=O) groups excluding carboxylic acids is 1. The Morgan fingerprint density at radius 2 is 1.94 bits per heavy atom. The van der Waals surface area contributed by atoms with Crippen molar-refractivity contribution in [1.82, 2.24) is 5.32 Å². The standard InChI is InChI=1S/C12H14F3NO2/c1-18-8-11(17)16-10(7-12(13,14)15)9-5-3-2-4-6-9/h2-6,10H,7-8H2,1H3,(H,16,17). The smallest absolute Gasteiger partial charge is 0.375 e. The van der Waals surface area contributed by atoms with Gasteiger partial charge in [-0.3, -0.25) is 4.79 Å². The Hall–Kier alpha value is -1.56. The van der Waals surface area contributed by atoms with Crippen molar-refractivity contribution < 1.29 is 22.7 Å². The largest absolute Gasteiger partial charge is 0.391 e. The molecule has 3 nitrogen and oxygen atoms in total. The van der Waals surface area contributed by atoms with Crippen molar-refractivity contribution in [3.05, 3.63) is 35.9 Å². The lowest BCUT2D eigenvalue weighted by Gasteiger charge is -2.20. The third kappa shape index (κ3) is 5.18. The first kappa shape index (κ1) is 14.5. The molecule has 1 aromatic carbocycles. The molecule has 0 radical (unpaired) electrons. The topological polar surface area (TPSA) is 38.3 Å². The van der Waals surface area contributed by atoms with Gasteiger partial charge in [0.15, 0.2) is 0 Å². The first-order valence-corrected chi connectivity index (χ1v) is 5.32. The molecule has 1 unspecified atom stereocenters. The van der Waals surface area contributed by atoms with Crippen LogP contribution in [0.1, 0.15) is 18.0 Å². The molecule has 1 N–H and O–H groups in total. The molecule has 1 atom stereocenters. The molecule has 0 aromatic heterocycles. The van der Waals surface area contributed by atoms with Gasteiger partial charge in [0.05, 0.1) is 12.5 Å². The van der Waals surface area contributed by atoms with E-state index in [2.05, 4.69) is 10.1 Å². The third-order valence-corrected chi connectivity index (χ3v) is 2.25. The van der Waals surface area contributed by atoms with Gasteiger partial charge < -0.3 is 10.1 Å². The lowest BCUT2D eigenvalue weighted by Crippen LogP contribution is -2.34. The van der Waals surface area contributed by atoms with E-state index in [9.17, 15) is 18.0 Å². The molecule has 18 heavy (non-hydrogen) atoms. The molecule has 0 aliphatic rings. The Labute approximate surface area is 103 Å². The zero-order chi connectivity index (χ0) is 13.6. The minimum absolute atomic E-state index is 0.263. The lowest BCUT2D eigenvalue weighted by molar-refractivity contribution is -0.143. The summed E-state index contributed by atoms with van der Waals surface area (Å²) in [5.74, 6) is -0.574. The van der Waals surface area contributed by atoms with Crippen LogP contribution in [-0.2, 0) is 9.53 Å². The molecule has 1 amide bonds. The summed E-state index contributed by atoms with van der Waals surface area (Å²) in [5, 5.41) is 2.31. The van der Waals surface area contributed by atoms with E-state index >= 15 is 0 Å². The zero-order valence-corrected chi connectivity index (χ0v) is 9.83. The van der Waals surface area contributed by atoms with Crippen LogP contribution in [0.15, 0.2) is 30.3 Å². The average molecular weight is 261 g/mol. The Morgan fingerprint density at radius 1 is 1.33 bits per heavy atom. The summed E-state index contributed by atoms with van der Waals surface area (Å²) < 4.78 is 41.9. The number of alkyl halides is 3. The predicted molar refractivity (Wildman–Crippen MR) is 59.9 cm³/mol. The number of methoxy groups -OCH3 is 1. The molecule has 0 aliphatic carbocycles. The molecule has 6 heteroatoms. The van der Waals surface area contributed by atoms with Gasteiger partial charge in [0.1, 0.15) is 6.61 Å². The Kier molecular flexibility index (Phi) is 5.15. The summed E-state index contributed by atoms with van der Waals surface area (Å²) in [6.07, 6.45) is -5.45. The van der Waals surface area contributed by atoms with Crippen molar-refractivity contribution >= 4 is 5.91 Å². The second-order valence-corrected chi connectivity index (χ2v) is 3.78. The number of halogens is 3. The van der Waals surface area contributed by atoms with Crippen LogP contribution in [0.4, 0.5) is 13.2 Å². The van der Waals surface area contributed by atoms with E-state index in [0.29, 0.717) is 5.56 Å². The normalized spacial score (nSPS) is 13.1. The van der Waals surface area contributed by atoms with Crippen LogP contribution < -0.4 is 5.32 Å². The SMILES string of the molecule is COCC(=O)NC(CC(F)(F)F)c1ccccc1. The molecule has 0 aliphatic heterocycles. The van der Waals surface area contributed by atoms with E-state index in [0.717, 1.165) is 0 Å². The maximum Gasteiger partial charge on any atom is 0.391 e. The molecule has 0 saturated heterocycles. The maximum atomic E-state index is 12.4. The van der Waals surface area contributed by atoms with Gasteiger partial charge in [-0.25, -0.2) is 0 Å². The fraction of sp³-hybridized carbons (Fsp3) is 0.417. The number of nitrogens with one attached hydrogen (secondary N) is 1. The highest BCUT2D eigenvalue weighted by Crippen LogP contribution is 2.29. The summed E-state index contributed by atoms with van der Waals surface area (Å²) in [6.45, 7) is -0.263. The summed E-state index contributed by atoms with van der Waals surface area (Å²) in [5.41, 5.74) is 0.416. The van der Waals surface area contributed by atoms with E-state index in [4.69, 9.17) is 0 Å². The van der Waals surface area contributed by atoms with Gasteiger partial charge in [-0.05, 0) is 5.56 Å². The van der Waals surface area contributed by atoms with Crippen LogP contribution in [0.5, 0.6) is 0 Å². The van der Waals surface area contributed by atoms with E-state index in [-0.39, 0.29) is 6.61 Å². The first-order chi connectivity index (χ1) is 8.42. The van der Waals surface area contributed by atoms with E-state index in [1.54, 1.807) is 30.3 Å². The van der Waals surface area contributed by atoms with Gasteiger partial charge in [0.2, 0.25) is 5.91 Å². The monoisotopic (exact) mass is 261 g/mol. The Bertz CT molecular complexity index is 379. The van der Waals surface area contributed by atoms with E-state index in [1.807, 2.05) is 0 Å². The number of ether oxygens (including phenoxy) is 1. The summed E-state index contributed by atoms with van der Waals surface area (Å²) >= 11 is 0. The van der Waals surface area contributed by atoms with Crippen molar-refractivity contribution in [3.63, 3.8) is 0 Å². The van der Waals surface area contributed by atoms with Crippen LogP contribution in [0.3, 0.4) is 0 Å². The first-order valence-electron chi connectivity index (χ1n) is 5.32. The number of benzene rings is 1. The van der Waals surface area contributed by atoms with E-state index in [1.165, 1.54) is 7.11 Å². The van der Waals surface area contributed by atoms with Crippen molar-refractivity contribution in [1.29, 1.82) is 0 Å². The van der Waals surface area contributed by atoms with Gasteiger partial charge in [0, 0.05) is 7.11 Å². The van der Waals surface area contributed by atoms with Gasteiger partial charge in [0.25, 0.3) is 0 Å². The van der Waals surface area contributed by atoms with Crippen LogP contribution in [-0.4, -0.2) is 25.8 Å². The molecule has 0 heterocycles. The minimum Gasteiger partial charge on any atom is -0.375 e. The fourth-order valence-electron chi connectivity index (χ4n) is 1.54. The molecule has 0 saturated carbocycles. The van der Waals surface area contributed by atoms with Gasteiger partial charge in [-0.1, -0.05) is 30.3 Å². The van der Waals surface area contributed by atoms with Gasteiger partial charge in [-0.15, -0.1) is 0 Å². The number of amides is 1. The highest BCUT2D eigenvalue weighted by atomic mass is 19.4. The average Bonchev–Trinajstić information content (AvgIpc) is 2.28. The van der Waals surface area contributed by atoms with Crippen LogP contribution in [0.25, 0.3) is 0 Å². The summed E-state index contributed by atoms with van der Waals surface area (Å²) in [4.78, 5) is 11.3. The highest BCUT2D eigenvalue weighted by Gasteiger charge is 2.33. The zero-order valence-electron chi connectivity index (χ0n) is 9.83. The maximum absolute atomic E-state index is 12.4. The Morgan fingerprint density at radius 3 is 2.44 bits per heavy atom. The lowest BCUT2D eigenvalue weighted by atomic mass is 10.0. The molecule has 0 bridgehead atoms. The van der Waals surface area contributed by atoms with E-state index < -0.39 is 24.5 Å². The quantitative estimate of drug-likeness (QED) is 0.884. The van der Waals surface area contributed by atoms with Crippen molar-refractivity contribution in [2.45, 2.75) is 18.6 Å². The third-order valence-electron chi connectivity index (χ3n) is 2.25. The molecule has 1 aromatic rings. The second-order valence-electron chi connectivity index (χ2n) is 3.78. The van der Waals surface area contributed by atoms with Crippen molar-refractivity contribution in [3.8, 4) is 0 Å². The highest BCUT2D eigenvalue weighted by molar-refractivity contribution is 5.77. The molecule has 100 valence electrons. The summed E-state index contributed by atoms with van der Waals surface area (Å²) in [7, 11) is 1.31. The molecular formula is C12H14F3NO2. The minimum atomic E-state index is -4.35. The van der Waals surface area contributed by atoms with Gasteiger partial charge in [-0.2, -0.15) is 13.2 Å². The van der Waals surface area contributed by atoms with Crippen LogP contribution in [0.2, 0.25) is 0 Å². The fourth-order valence-corrected chi connectivity index (χ4v) is 1.54. The summed E-state index contributed by atoms with van der Waals surface area (Å²) in [6, 6.07) is 6.95. The second kappa shape index (κ2) is 6.39. The number of hydrogen-bond acceptors (Lipinski definition) is 2. The Balaban J connectivity index is 2.79. The predicted octanol–water partition coefficient (Wildman–Crippen LogP) is 2.44. The number of carbonyl (C=O) groups is 1. The molecule has 1 rings (SSSR count).